The van der Waals surface area contributed by atoms with E-state index in [2.05, 4.69) is 46.2 Å². The van der Waals surface area contributed by atoms with E-state index in [9.17, 15) is 13.6 Å². The lowest BCUT2D eigenvalue weighted by molar-refractivity contribution is 0.0953. The maximum absolute atomic E-state index is 12.6. The molecule has 0 aliphatic heterocycles. The van der Waals surface area contributed by atoms with E-state index in [1.165, 1.54) is 18.1 Å². The molecule has 7 nitrogen and oxygen atoms in total. The summed E-state index contributed by atoms with van der Waals surface area (Å²) >= 11 is 3.50. The maximum Gasteiger partial charge on any atom is 0.298 e. The Morgan fingerprint density at radius 1 is 1.28 bits per heavy atom. The number of rotatable bonds is 9. The summed E-state index contributed by atoms with van der Waals surface area (Å²) in [6.07, 6.45) is 1.54. The average molecular weight is 466 g/mol. The van der Waals surface area contributed by atoms with Crippen molar-refractivity contribution in [1.29, 1.82) is 0 Å². The molecule has 0 atom stereocenters. The van der Waals surface area contributed by atoms with E-state index in [0.717, 1.165) is 23.4 Å². The van der Waals surface area contributed by atoms with Crippen molar-refractivity contribution in [2.24, 2.45) is 0 Å². The molecule has 0 saturated carbocycles. The number of nitrogens with one attached hydrogen (secondary N) is 2. The highest BCUT2D eigenvalue weighted by Gasteiger charge is 2.16. The van der Waals surface area contributed by atoms with Crippen molar-refractivity contribution in [2.75, 3.05) is 11.9 Å². The summed E-state index contributed by atoms with van der Waals surface area (Å²) in [4.78, 5) is 20.4. The van der Waals surface area contributed by atoms with Crippen LogP contribution >= 0.6 is 15.9 Å². The molecule has 0 radical (unpaired) electrons. The molecule has 0 spiro atoms. The van der Waals surface area contributed by atoms with Crippen molar-refractivity contribution >= 4 is 27.7 Å². The van der Waals surface area contributed by atoms with E-state index in [0.29, 0.717) is 6.54 Å². The van der Waals surface area contributed by atoms with Crippen LogP contribution < -0.4 is 10.6 Å². The van der Waals surface area contributed by atoms with Gasteiger partial charge in [0.1, 0.15) is 17.8 Å². The molecule has 2 heterocycles. The fourth-order valence-electron chi connectivity index (χ4n) is 2.60. The second-order valence-electron chi connectivity index (χ2n) is 6.11. The Hall–Kier alpha value is -2.88. The topological polar surface area (TPSA) is 92.9 Å². The number of hydrogen-bond donors (Lipinski definition) is 2. The van der Waals surface area contributed by atoms with Crippen molar-refractivity contribution in [2.45, 2.75) is 25.8 Å². The highest BCUT2D eigenvalue weighted by Crippen LogP contribution is 2.20. The first-order valence-electron chi connectivity index (χ1n) is 8.83. The second-order valence-corrected chi connectivity index (χ2v) is 6.97. The third kappa shape index (κ3) is 5.80. The first-order valence-corrected chi connectivity index (χ1v) is 9.63. The Morgan fingerprint density at radius 2 is 2.10 bits per heavy atom. The number of anilines is 1. The van der Waals surface area contributed by atoms with Crippen LogP contribution in [-0.2, 0) is 13.0 Å². The van der Waals surface area contributed by atoms with Crippen LogP contribution in [0.2, 0.25) is 0 Å². The summed E-state index contributed by atoms with van der Waals surface area (Å²) in [5.41, 5.74) is 1.70. The van der Waals surface area contributed by atoms with Crippen molar-refractivity contribution in [1.82, 2.24) is 20.4 Å². The SMILES string of the molecule is O=C(NCCCc1ccccc1Br)c1cncnc1NCc1cc(C(F)F)on1. The number of aromatic nitrogens is 3. The van der Waals surface area contributed by atoms with Crippen molar-refractivity contribution in [3.05, 3.63) is 69.9 Å². The largest absolute Gasteiger partial charge is 0.364 e. The molecule has 0 aliphatic rings. The molecule has 0 aliphatic carbocycles. The second kappa shape index (κ2) is 10.1. The zero-order chi connectivity index (χ0) is 20.6. The third-order valence-electron chi connectivity index (χ3n) is 4.05. The molecule has 2 N–H and O–H groups in total. The normalized spacial score (nSPS) is 10.9. The fraction of sp³-hybridized carbons (Fsp3) is 0.263. The zero-order valence-corrected chi connectivity index (χ0v) is 16.8. The standard InChI is InChI=1S/C19H18BrF2N5O2/c20-15-6-2-1-4-12(15)5-3-7-24-19(28)14-10-23-11-26-18(14)25-9-13-8-16(17(21)22)29-27-13/h1-2,4,6,8,10-11,17H,3,5,7,9H2,(H,24,28)(H,23,25,26). The molecular formula is C19H18BrF2N5O2. The third-order valence-corrected chi connectivity index (χ3v) is 4.83. The molecule has 10 heteroatoms. The van der Waals surface area contributed by atoms with Gasteiger partial charge in [-0.15, -0.1) is 0 Å². The fourth-order valence-corrected chi connectivity index (χ4v) is 3.09. The van der Waals surface area contributed by atoms with Gasteiger partial charge in [-0.3, -0.25) is 4.79 Å². The summed E-state index contributed by atoms with van der Waals surface area (Å²) in [7, 11) is 0. The van der Waals surface area contributed by atoms with Gasteiger partial charge in [-0.25, -0.2) is 18.7 Å². The lowest BCUT2D eigenvalue weighted by Gasteiger charge is -2.10. The van der Waals surface area contributed by atoms with Crippen LogP contribution in [0.1, 0.15) is 40.2 Å². The number of alkyl halides is 2. The van der Waals surface area contributed by atoms with Crippen LogP contribution in [0.5, 0.6) is 0 Å². The predicted octanol–water partition coefficient (Wildman–Crippen LogP) is 4.14. The molecular weight excluding hydrogens is 448 g/mol. The molecule has 0 saturated heterocycles. The minimum absolute atomic E-state index is 0.0789. The predicted molar refractivity (Wildman–Crippen MR) is 106 cm³/mol. The van der Waals surface area contributed by atoms with E-state index in [4.69, 9.17) is 0 Å². The van der Waals surface area contributed by atoms with Gasteiger partial charge in [0.05, 0.1) is 12.1 Å². The number of nitrogens with zero attached hydrogens (tertiary/aromatic N) is 3. The monoisotopic (exact) mass is 465 g/mol. The number of hydrogen-bond acceptors (Lipinski definition) is 6. The number of benzene rings is 1. The lowest BCUT2D eigenvalue weighted by atomic mass is 10.1. The van der Waals surface area contributed by atoms with E-state index in [1.807, 2.05) is 24.3 Å². The molecule has 2 aromatic heterocycles. The quantitative estimate of drug-likeness (QED) is 0.461. The molecule has 1 amide bonds. The van der Waals surface area contributed by atoms with E-state index < -0.39 is 12.2 Å². The van der Waals surface area contributed by atoms with Gasteiger partial charge in [-0.1, -0.05) is 39.3 Å². The Balaban J connectivity index is 1.53. The van der Waals surface area contributed by atoms with Gasteiger partial charge >= 0.3 is 0 Å². The molecule has 3 aromatic rings. The lowest BCUT2D eigenvalue weighted by Crippen LogP contribution is -2.26. The molecule has 3 rings (SSSR count). The Kier molecular flexibility index (Phi) is 7.23. The Labute approximate surface area is 174 Å². The first-order chi connectivity index (χ1) is 14.0. The Bertz CT molecular complexity index is 967. The zero-order valence-electron chi connectivity index (χ0n) is 15.2. The summed E-state index contributed by atoms with van der Waals surface area (Å²) in [6, 6.07) is 9.08. The number of halogens is 3. The van der Waals surface area contributed by atoms with Gasteiger partial charge in [0, 0.05) is 23.3 Å². The summed E-state index contributed by atoms with van der Waals surface area (Å²) in [5, 5.41) is 9.30. The molecule has 0 fully saturated rings. The molecule has 0 unspecified atom stereocenters. The number of aryl methyl sites for hydroxylation is 1. The number of carbonyl (C=O) groups is 1. The van der Waals surface area contributed by atoms with Gasteiger partial charge in [0.15, 0.2) is 0 Å². The average Bonchev–Trinajstić information content (AvgIpc) is 3.20. The molecule has 152 valence electrons. The van der Waals surface area contributed by atoms with Crippen LogP contribution in [0.4, 0.5) is 14.6 Å². The minimum Gasteiger partial charge on any atom is -0.364 e. The number of carbonyl (C=O) groups excluding carboxylic acids is 1. The van der Waals surface area contributed by atoms with Crippen molar-refractivity contribution in [3.63, 3.8) is 0 Å². The summed E-state index contributed by atoms with van der Waals surface area (Å²) < 4.78 is 30.7. The van der Waals surface area contributed by atoms with E-state index in [-0.39, 0.29) is 29.5 Å². The van der Waals surface area contributed by atoms with E-state index in [1.54, 1.807) is 0 Å². The van der Waals surface area contributed by atoms with Gasteiger partial charge in [0.2, 0.25) is 5.76 Å². The van der Waals surface area contributed by atoms with Crippen LogP contribution in [0.25, 0.3) is 0 Å². The molecule has 0 bridgehead atoms. The van der Waals surface area contributed by atoms with Crippen molar-refractivity contribution in [3.8, 4) is 0 Å². The van der Waals surface area contributed by atoms with Crippen LogP contribution in [0.15, 0.2) is 51.9 Å². The van der Waals surface area contributed by atoms with Gasteiger partial charge < -0.3 is 15.2 Å². The van der Waals surface area contributed by atoms with Crippen LogP contribution in [0, 0.1) is 0 Å². The van der Waals surface area contributed by atoms with Gasteiger partial charge in [0.25, 0.3) is 12.3 Å². The summed E-state index contributed by atoms with van der Waals surface area (Å²) in [6.45, 7) is 0.561. The van der Waals surface area contributed by atoms with Crippen LogP contribution in [0.3, 0.4) is 0 Å². The maximum atomic E-state index is 12.6. The molecule has 1 aromatic carbocycles. The molecule has 29 heavy (non-hydrogen) atoms. The van der Waals surface area contributed by atoms with Gasteiger partial charge in [-0.05, 0) is 24.5 Å². The Morgan fingerprint density at radius 3 is 2.86 bits per heavy atom. The first kappa shape index (κ1) is 20.8. The minimum atomic E-state index is -2.73. The van der Waals surface area contributed by atoms with E-state index >= 15 is 0 Å². The van der Waals surface area contributed by atoms with Crippen LogP contribution in [-0.4, -0.2) is 27.6 Å². The smallest absolute Gasteiger partial charge is 0.298 e. The van der Waals surface area contributed by atoms with Gasteiger partial charge in [-0.2, -0.15) is 0 Å². The highest BCUT2D eigenvalue weighted by atomic mass is 79.9. The number of amides is 1. The highest BCUT2D eigenvalue weighted by molar-refractivity contribution is 9.10. The van der Waals surface area contributed by atoms with Crippen molar-refractivity contribution < 1.29 is 18.1 Å². The summed E-state index contributed by atoms with van der Waals surface area (Å²) in [5.74, 6) is -0.550.